The van der Waals surface area contributed by atoms with E-state index in [2.05, 4.69) is 15.4 Å². The third kappa shape index (κ3) is 3.12. The van der Waals surface area contributed by atoms with Crippen molar-refractivity contribution in [2.75, 3.05) is 11.9 Å². The standard InChI is InChI=1S/C12H11F3N4O2S/c13-12(14,15)8-4-9(19-18-8)17-10(20)6-5-22-11(16-6)7-2-1-3-21-7/h4-5,7H,1-3H2,(H2,17,18,19,20). The number of H-pyrrole nitrogens is 1. The topological polar surface area (TPSA) is 79.9 Å². The molecule has 0 aromatic carbocycles. The molecule has 1 atom stereocenters. The number of nitrogens with zero attached hydrogens (tertiary/aromatic N) is 2. The summed E-state index contributed by atoms with van der Waals surface area (Å²) in [5, 5.41) is 9.75. The average Bonchev–Trinajstić information content (AvgIpc) is 3.18. The van der Waals surface area contributed by atoms with E-state index in [1.165, 1.54) is 11.3 Å². The molecule has 0 radical (unpaired) electrons. The number of halogens is 3. The molecule has 0 aliphatic carbocycles. The molecule has 1 aliphatic heterocycles. The number of carbonyl (C=O) groups excluding carboxylic acids is 1. The SMILES string of the molecule is O=C(Nc1cc(C(F)(F)F)[nH]n1)c1csc(C2CCCO2)n1. The van der Waals surface area contributed by atoms with E-state index in [4.69, 9.17) is 4.74 Å². The number of nitrogens with one attached hydrogen (secondary N) is 2. The van der Waals surface area contributed by atoms with Crippen LogP contribution in [-0.2, 0) is 10.9 Å². The minimum atomic E-state index is -4.54. The lowest BCUT2D eigenvalue weighted by Crippen LogP contribution is -2.13. The molecule has 3 heterocycles. The van der Waals surface area contributed by atoms with E-state index in [0.29, 0.717) is 11.6 Å². The normalized spacial score (nSPS) is 18.6. The second-order valence-corrected chi connectivity index (χ2v) is 5.58. The Morgan fingerprint density at radius 3 is 2.95 bits per heavy atom. The van der Waals surface area contributed by atoms with E-state index in [0.717, 1.165) is 18.9 Å². The molecule has 10 heteroatoms. The number of aromatic nitrogens is 3. The van der Waals surface area contributed by atoms with Gasteiger partial charge in [0.15, 0.2) is 5.82 Å². The molecule has 1 amide bonds. The molecule has 2 aromatic rings. The molecule has 118 valence electrons. The fourth-order valence-corrected chi connectivity index (χ4v) is 2.90. The number of amides is 1. The van der Waals surface area contributed by atoms with Gasteiger partial charge in [-0.25, -0.2) is 4.98 Å². The summed E-state index contributed by atoms with van der Waals surface area (Å²) in [5.41, 5.74) is -0.895. The van der Waals surface area contributed by atoms with Gasteiger partial charge in [-0.15, -0.1) is 11.3 Å². The van der Waals surface area contributed by atoms with Crippen molar-refractivity contribution in [1.82, 2.24) is 15.2 Å². The van der Waals surface area contributed by atoms with Gasteiger partial charge in [0, 0.05) is 18.1 Å². The summed E-state index contributed by atoms with van der Waals surface area (Å²) < 4.78 is 42.8. The zero-order valence-electron chi connectivity index (χ0n) is 11.1. The van der Waals surface area contributed by atoms with Gasteiger partial charge in [0.05, 0.1) is 0 Å². The quantitative estimate of drug-likeness (QED) is 0.905. The number of carbonyl (C=O) groups is 1. The summed E-state index contributed by atoms with van der Waals surface area (Å²) in [6.07, 6.45) is -2.85. The van der Waals surface area contributed by atoms with Crippen LogP contribution in [0.4, 0.5) is 19.0 Å². The molecule has 2 N–H and O–H groups in total. The zero-order valence-corrected chi connectivity index (χ0v) is 11.9. The summed E-state index contributed by atoms with van der Waals surface area (Å²) >= 11 is 1.29. The third-order valence-electron chi connectivity index (χ3n) is 3.08. The fourth-order valence-electron chi connectivity index (χ4n) is 2.02. The van der Waals surface area contributed by atoms with E-state index < -0.39 is 17.8 Å². The van der Waals surface area contributed by atoms with Crippen LogP contribution < -0.4 is 5.32 Å². The highest BCUT2D eigenvalue weighted by atomic mass is 32.1. The molecule has 3 rings (SSSR count). The Labute approximate surface area is 126 Å². The molecule has 6 nitrogen and oxygen atoms in total. The maximum Gasteiger partial charge on any atom is 0.432 e. The van der Waals surface area contributed by atoms with Gasteiger partial charge < -0.3 is 10.1 Å². The average molecular weight is 332 g/mol. The Bertz CT molecular complexity index is 676. The molecule has 1 aliphatic rings. The van der Waals surface area contributed by atoms with Crippen molar-refractivity contribution in [2.24, 2.45) is 0 Å². The molecule has 2 aromatic heterocycles. The van der Waals surface area contributed by atoms with Gasteiger partial charge in [-0.3, -0.25) is 9.89 Å². The van der Waals surface area contributed by atoms with Crippen LogP contribution in [0.1, 0.15) is 40.1 Å². The van der Waals surface area contributed by atoms with Crippen LogP contribution in [0.15, 0.2) is 11.4 Å². The van der Waals surface area contributed by atoms with Gasteiger partial charge in [-0.05, 0) is 12.8 Å². The Morgan fingerprint density at radius 2 is 2.32 bits per heavy atom. The lowest BCUT2D eigenvalue weighted by molar-refractivity contribution is -0.141. The van der Waals surface area contributed by atoms with Crippen LogP contribution >= 0.6 is 11.3 Å². The van der Waals surface area contributed by atoms with E-state index >= 15 is 0 Å². The van der Waals surface area contributed by atoms with Crippen LogP contribution in [0.5, 0.6) is 0 Å². The summed E-state index contributed by atoms with van der Waals surface area (Å²) in [6, 6.07) is 0.727. The largest absolute Gasteiger partial charge is 0.432 e. The van der Waals surface area contributed by atoms with Crippen molar-refractivity contribution in [2.45, 2.75) is 25.1 Å². The molecule has 0 spiro atoms. The molecule has 22 heavy (non-hydrogen) atoms. The number of anilines is 1. The van der Waals surface area contributed by atoms with Gasteiger partial charge in [-0.1, -0.05) is 0 Å². The van der Waals surface area contributed by atoms with Crippen molar-refractivity contribution in [1.29, 1.82) is 0 Å². The van der Waals surface area contributed by atoms with E-state index in [1.807, 2.05) is 5.10 Å². The number of ether oxygens (including phenoxy) is 1. The smallest absolute Gasteiger partial charge is 0.371 e. The van der Waals surface area contributed by atoms with Crippen LogP contribution in [0.25, 0.3) is 0 Å². The number of hydrogen-bond donors (Lipinski definition) is 2. The lowest BCUT2D eigenvalue weighted by Gasteiger charge is -2.03. The molecule has 0 bridgehead atoms. The van der Waals surface area contributed by atoms with Crippen LogP contribution in [0.3, 0.4) is 0 Å². The first kappa shape index (κ1) is 15.0. The van der Waals surface area contributed by atoms with Gasteiger partial charge in [-0.2, -0.15) is 18.3 Å². The Kier molecular flexibility index (Phi) is 3.87. The monoisotopic (exact) mass is 332 g/mol. The Morgan fingerprint density at radius 1 is 1.50 bits per heavy atom. The summed E-state index contributed by atoms with van der Waals surface area (Å²) in [6.45, 7) is 0.666. The summed E-state index contributed by atoms with van der Waals surface area (Å²) in [5.74, 6) is -0.815. The third-order valence-corrected chi connectivity index (χ3v) is 4.02. The summed E-state index contributed by atoms with van der Waals surface area (Å²) in [4.78, 5) is 16.1. The lowest BCUT2D eigenvalue weighted by atomic mass is 10.2. The molecule has 1 unspecified atom stereocenters. The zero-order chi connectivity index (χ0) is 15.7. The van der Waals surface area contributed by atoms with Crippen molar-refractivity contribution < 1.29 is 22.7 Å². The second-order valence-electron chi connectivity index (χ2n) is 4.69. The number of rotatable bonds is 3. The number of thiazole rings is 1. The maximum atomic E-state index is 12.4. The first-order chi connectivity index (χ1) is 10.4. The molecule has 0 saturated carbocycles. The maximum absolute atomic E-state index is 12.4. The molecular weight excluding hydrogens is 321 g/mol. The van der Waals surface area contributed by atoms with Gasteiger partial charge in [0.25, 0.3) is 5.91 Å². The van der Waals surface area contributed by atoms with Crippen molar-refractivity contribution >= 4 is 23.1 Å². The van der Waals surface area contributed by atoms with Gasteiger partial charge >= 0.3 is 6.18 Å². The van der Waals surface area contributed by atoms with Crippen LogP contribution in [0, 0.1) is 0 Å². The van der Waals surface area contributed by atoms with E-state index in [1.54, 1.807) is 5.38 Å². The van der Waals surface area contributed by atoms with Crippen LogP contribution in [0.2, 0.25) is 0 Å². The minimum Gasteiger partial charge on any atom is -0.371 e. The highest BCUT2D eigenvalue weighted by Gasteiger charge is 2.33. The molecular formula is C12H11F3N4O2S. The predicted octanol–water partition coefficient (Wildman–Crippen LogP) is 2.99. The minimum absolute atomic E-state index is 0.103. The fraction of sp³-hybridized carbons (Fsp3) is 0.417. The Hall–Kier alpha value is -1.94. The number of alkyl halides is 3. The van der Waals surface area contributed by atoms with Crippen LogP contribution in [-0.4, -0.2) is 27.7 Å². The predicted molar refractivity (Wildman–Crippen MR) is 71.6 cm³/mol. The van der Waals surface area contributed by atoms with Gasteiger partial charge in [0.2, 0.25) is 0 Å². The summed E-state index contributed by atoms with van der Waals surface area (Å²) in [7, 11) is 0. The number of hydrogen-bond acceptors (Lipinski definition) is 5. The first-order valence-corrected chi connectivity index (χ1v) is 7.32. The molecule has 1 saturated heterocycles. The second kappa shape index (κ2) is 5.69. The molecule has 1 fully saturated rings. The highest BCUT2D eigenvalue weighted by Crippen LogP contribution is 2.31. The van der Waals surface area contributed by atoms with Gasteiger partial charge in [0.1, 0.15) is 22.5 Å². The highest BCUT2D eigenvalue weighted by molar-refractivity contribution is 7.09. The van der Waals surface area contributed by atoms with Crippen molar-refractivity contribution in [3.8, 4) is 0 Å². The van der Waals surface area contributed by atoms with Crippen molar-refractivity contribution in [3.05, 3.63) is 27.8 Å². The van der Waals surface area contributed by atoms with E-state index in [-0.39, 0.29) is 17.6 Å². The van der Waals surface area contributed by atoms with Crippen molar-refractivity contribution in [3.63, 3.8) is 0 Å². The first-order valence-electron chi connectivity index (χ1n) is 6.44. The number of aromatic amines is 1. The Balaban J connectivity index is 1.68. The van der Waals surface area contributed by atoms with E-state index in [9.17, 15) is 18.0 Å².